The molecule has 0 aromatic heterocycles. The van der Waals surface area contributed by atoms with Crippen molar-refractivity contribution in [2.24, 2.45) is 0 Å². The molecule has 0 saturated heterocycles. The van der Waals surface area contributed by atoms with Crippen LogP contribution in [0.1, 0.15) is 12.5 Å². The molecule has 0 aliphatic rings. The first-order chi connectivity index (χ1) is 5.25. The molecule has 0 bridgehead atoms. The molecule has 0 unspecified atom stereocenters. The summed E-state index contributed by atoms with van der Waals surface area (Å²) in [5, 5.41) is 1.22. The predicted molar refractivity (Wildman–Crippen MR) is 51.2 cm³/mol. The molecule has 0 atom stereocenters. The van der Waals surface area contributed by atoms with Gasteiger partial charge in [-0.05, 0) is 18.6 Å². The summed E-state index contributed by atoms with van der Waals surface area (Å²) in [6.45, 7) is 1.94. The molecule has 0 saturated carbocycles. The lowest BCUT2D eigenvalue weighted by Gasteiger charge is -1.98. The van der Waals surface area contributed by atoms with Gasteiger partial charge in [0, 0.05) is 0 Å². The van der Waals surface area contributed by atoms with E-state index in [9.17, 15) is 0 Å². The maximum atomic E-state index is 5.89. The van der Waals surface area contributed by atoms with E-state index in [0.29, 0.717) is 10.0 Å². The van der Waals surface area contributed by atoms with Crippen LogP contribution >= 0.6 is 23.2 Å². The normalized spacial score (nSPS) is 10.8. The van der Waals surface area contributed by atoms with Crippen LogP contribution in [0.2, 0.25) is 10.0 Å². The minimum Gasteiger partial charge on any atom is -0.0870 e. The van der Waals surface area contributed by atoms with Gasteiger partial charge in [0.25, 0.3) is 0 Å². The van der Waals surface area contributed by atoms with E-state index in [1.54, 1.807) is 6.07 Å². The third kappa shape index (κ3) is 1.98. The van der Waals surface area contributed by atoms with E-state index in [2.05, 4.69) is 0 Å². The van der Waals surface area contributed by atoms with E-state index in [4.69, 9.17) is 23.2 Å². The van der Waals surface area contributed by atoms with Gasteiger partial charge in [0.05, 0.1) is 10.0 Å². The molecule has 0 spiro atoms. The van der Waals surface area contributed by atoms with Gasteiger partial charge in [-0.3, -0.25) is 0 Å². The maximum Gasteiger partial charge on any atom is 0.0664 e. The highest BCUT2D eigenvalue weighted by atomic mass is 35.5. The van der Waals surface area contributed by atoms with Gasteiger partial charge in [-0.25, -0.2) is 0 Å². The SMILES string of the molecule is C/C=C/c1cccc(Cl)c1Cl. The monoisotopic (exact) mass is 186 g/mol. The molecule has 0 nitrogen and oxygen atoms in total. The van der Waals surface area contributed by atoms with E-state index in [0.717, 1.165) is 5.56 Å². The number of halogens is 2. The molecule has 0 heterocycles. The van der Waals surface area contributed by atoms with Gasteiger partial charge in [-0.1, -0.05) is 47.5 Å². The summed E-state index contributed by atoms with van der Waals surface area (Å²) in [6.07, 6.45) is 3.85. The van der Waals surface area contributed by atoms with Gasteiger partial charge in [0.1, 0.15) is 0 Å². The second-order valence-electron chi connectivity index (χ2n) is 2.14. The fourth-order valence-corrected chi connectivity index (χ4v) is 1.20. The average Bonchev–Trinajstić information content (AvgIpc) is 1.99. The molecule has 58 valence electrons. The largest absolute Gasteiger partial charge is 0.0870 e. The van der Waals surface area contributed by atoms with Crippen molar-refractivity contribution in [3.8, 4) is 0 Å². The second kappa shape index (κ2) is 3.80. The van der Waals surface area contributed by atoms with Gasteiger partial charge in [0.2, 0.25) is 0 Å². The molecular formula is C9H8Cl2. The molecule has 0 N–H and O–H groups in total. The van der Waals surface area contributed by atoms with E-state index in [1.807, 2.05) is 31.2 Å². The second-order valence-corrected chi connectivity index (χ2v) is 2.93. The number of allylic oxidation sites excluding steroid dienone is 1. The van der Waals surface area contributed by atoms with Gasteiger partial charge in [-0.15, -0.1) is 0 Å². The Morgan fingerprint density at radius 3 is 2.64 bits per heavy atom. The van der Waals surface area contributed by atoms with Crippen LogP contribution in [0, 0.1) is 0 Å². The summed E-state index contributed by atoms with van der Waals surface area (Å²) in [5.74, 6) is 0. The lowest BCUT2D eigenvalue weighted by Crippen LogP contribution is -1.74. The highest BCUT2D eigenvalue weighted by molar-refractivity contribution is 6.42. The highest BCUT2D eigenvalue weighted by Gasteiger charge is 1.99. The fourth-order valence-electron chi connectivity index (χ4n) is 0.829. The van der Waals surface area contributed by atoms with Crippen LogP contribution in [0.4, 0.5) is 0 Å². The van der Waals surface area contributed by atoms with Crippen molar-refractivity contribution in [1.82, 2.24) is 0 Å². The first kappa shape index (κ1) is 8.63. The van der Waals surface area contributed by atoms with Crippen molar-refractivity contribution < 1.29 is 0 Å². The van der Waals surface area contributed by atoms with Crippen molar-refractivity contribution in [2.75, 3.05) is 0 Å². The van der Waals surface area contributed by atoms with Crippen molar-refractivity contribution >= 4 is 29.3 Å². The molecule has 0 amide bonds. The maximum absolute atomic E-state index is 5.89. The third-order valence-corrected chi connectivity index (χ3v) is 2.16. The molecule has 2 heteroatoms. The van der Waals surface area contributed by atoms with Crippen LogP contribution in [-0.4, -0.2) is 0 Å². The molecular weight excluding hydrogens is 179 g/mol. The predicted octanol–water partition coefficient (Wildman–Crippen LogP) is 4.03. The Kier molecular flexibility index (Phi) is 2.98. The first-order valence-electron chi connectivity index (χ1n) is 3.32. The van der Waals surface area contributed by atoms with E-state index >= 15 is 0 Å². The summed E-state index contributed by atoms with van der Waals surface area (Å²) >= 11 is 11.7. The molecule has 0 fully saturated rings. The smallest absolute Gasteiger partial charge is 0.0664 e. The van der Waals surface area contributed by atoms with Crippen LogP contribution < -0.4 is 0 Å². The Balaban J connectivity index is 3.16. The summed E-state index contributed by atoms with van der Waals surface area (Å²) in [7, 11) is 0. The Bertz CT molecular complexity index is 277. The zero-order chi connectivity index (χ0) is 8.27. The first-order valence-corrected chi connectivity index (χ1v) is 4.08. The lowest BCUT2D eigenvalue weighted by molar-refractivity contribution is 1.64. The van der Waals surface area contributed by atoms with E-state index < -0.39 is 0 Å². The van der Waals surface area contributed by atoms with Gasteiger partial charge in [-0.2, -0.15) is 0 Å². The topological polar surface area (TPSA) is 0 Å². The number of rotatable bonds is 1. The van der Waals surface area contributed by atoms with Crippen molar-refractivity contribution in [1.29, 1.82) is 0 Å². The Morgan fingerprint density at radius 2 is 2.00 bits per heavy atom. The quantitative estimate of drug-likeness (QED) is 0.622. The van der Waals surface area contributed by atoms with Crippen molar-refractivity contribution in [3.63, 3.8) is 0 Å². The molecule has 11 heavy (non-hydrogen) atoms. The standard InChI is InChI=1S/C9H8Cl2/c1-2-4-7-5-3-6-8(10)9(7)11/h2-6H,1H3/b4-2+. The van der Waals surface area contributed by atoms with Crippen molar-refractivity contribution in [3.05, 3.63) is 39.9 Å². The van der Waals surface area contributed by atoms with Crippen LogP contribution in [0.3, 0.4) is 0 Å². The minimum atomic E-state index is 0.599. The number of hydrogen-bond donors (Lipinski definition) is 0. The van der Waals surface area contributed by atoms with Crippen molar-refractivity contribution in [2.45, 2.75) is 6.92 Å². The highest BCUT2D eigenvalue weighted by Crippen LogP contribution is 2.26. The van der Waals surface area contributed by atoms with Gasteiger partial charge in [0.15, 0.2) is 0 Å². The average molecular weight is 187 g/mol. The number of hydrogen-bond acceptors (Lipinski definition) is 0. The molecule has 1 aromatic rings. The Morgan fingerprint density at radius 1 is 1.27 bits per heavy atom. The lowest BCUT2D eigenvalue weighted by atomic mass is 10.2. The summed E-state index contributed by atoms with van der Waals surface area (Å²) < 4.78 is 0. The van der Waals surface area contributed by atoms with Crippen LogP contribution in [-0.2, 0) is 0 Å². The van der Waals surface area contributed by atoms with E-state index in [-0.39, 0.29) is 0 Å². The van der Waals surface area contributed by atoms with Gasteiger partial charge >= 0.3 is 0 Å². The molecule has 1 aromatic carbocycles. The van der Waals surface area contributed by atoms with Crippen LogP contribution in [0.15, 0.2) is 24.3 Å². The fraction of sp³-hybridized carbons (Fsp3) is 0.111. The summed E-state index contributed by atoms with van der Waals surface area (Å²) in [6, 6.07) is 5.58. The Hall–Kier alpha value is -0.460. The molecule has 0 radical (unpaired) electrons. The zero-order valence-corrected chi connectivity index (χ0v) is 7.65. The summed E-state index contributed by atoms with van der Waals surface area (Å²) in [5.41, 5.74) is 0.960. The van der Waals surface area contributed by atoms with Crippen LogP contribution in [0.25, 0.3) is 6.08 Å². The van der Waals surface area contributed by atoms with E-state index in [1.165, 1.54) is 0 Å². The minimum absolute atomic E-state index is 0.599. The van der Waals surface area contributed by atoms with Gasteiger partial charge < -0.3 is 0 Å². The molecule has 1 rings (SSSR count). The third-order valence-electron chi connectivity index (χ3n) is 1.33. The zero-order valence-electron chi connectivity index (χ0n) is 6.14. The molecule has 0 aliphatic heterocycles. The summed E-state index contributed by atoms with van der Waals surface area (Å²) in [4.78, 5) is 0. The van der Waals surface area contributed by atoms with Crippen LogP contribution in [0.5, 0.6) is 0 Å². The molecule has 0 aliphatic carbocycles. The number of benzene rings is 1. The Labute approximate surface area is 76.4 Å².